The number of nitrogens with two attached hydrogens (primary N) is 1. The minimum Gasteiger partial charge on any atom is -0.351 e. The van der Waals surface area contributed by atoms with Gasteiger partial charge in [-0.1, -0.05) is 17.7 Å². The van der Waals surface area contributed by atoms with Crippen LogP contribution in [0.3, 0.4) is 0 Å². The number of anilines is 2. The molecule has 29 heavy (non-hydrogen) atoms. The summed E-state index contributed by atoms with van der Waals surface area (Å²) in [6.45, 7) is 0. The summed E-state index contributed by atoms with van der Waals surface area (Å²) < 4.78 is 0. The fourth-order valence-corrected chi connectivity index (χ4v) is 3.96. The number of hydrogen-bond donors (Lipinski definition) is 4. The van der Waals surface area contributed by atoms with Crippen molar-refractivity contribution in [2.75, 3.05) is 10.4 Å². The lowest BCUT2D eigenvalue weighted by atomic mass is 9.82. The summed E-state index contributed by atoms with van der Waals surface area (Å²) in [6.07, 6.45) is 7.15. The van der Waals surface area contributed by atoms with Crippen LogP contribution in [0.4, 0.5) is 16.2 Å². The van der Waals surface area contributed by atoms with Gasteiger partial charge in [0.1, 0.15) is 0 Å². The fraction of sp³-hybridized carbons (Fsp3) is 0.250. The Kier molecular flexibility index (Phi) is 5.37. The summed E-state index contributed by atoms with van der Waals surface area (Å²) in [5, 5.41) is 15.5. The second-order valence-corrected chi connectivity index (χ2v) is 7.51. The highest BCUT2D eigenvalue weighted by Crippen LogP contribution is 2.40. The molecule has 9 heteroatoms. The van der Waals surface area contributed by atoms with Gasteiger partial charge in [-0.3, -0.25) is 15.3 Å². The third-order valence-corrected chi connectivity index (χ3v) is 5.44. The van der Waals surface area contributed by atoms with Crippen LogP contribution in [0.15, 0.2) is 49.1 Å². The number of amides is 2. The van der Waals surface area contributed by atoms with Gasteiger partial charge in [0.25, 0.3) is 0 Å². The first-order valence-electron chi connectivity index (χ1n) is 9.27. The van der Waals surface area contributed by atoms with Gasteiger partial charge in [-0.05, 0) is 49.1 Å². The van der Waals surface area contributed by atoms with Crippen LogP contribution in [0.5, 0.6) is 0 Å². The molecule has 0 radical (unpaired) electrons. The molecular weight excluding hydrogens is 392 g/mol. The number of hydroxylamine groups is 1. The van der Waals surface area contributed by atoms with Gasteiger partial charge >= 0.3 is 6.03 Å². The molecule has 1 aliphatic heterocycles. The summed E-state index contributed by atoms with van der Waals surface area (Å²) in [5.41, 5.74) is 9.23. The molecular formula is C20H21ClN6O2. The van der Waals surface area contributed by atoms with E-state index in [2.05, 4.69) is 20.3 Å². The van der Waals surface area contributed by atoms with E-state index in [9.17, 15) is 10.0 Å². The lowest BCUT2D eigenvalue weighted by Crippen LogP contribution is -2.43. The van der Waals surface area contributed by atoms with Crippen LogP contribution in [0.1, 0.15) is 29.3 Å². The molecule has 0 spiro atoms. The molecule has 4 rings (SSSR count). The first-order chi connectivity index (χ1) is 14.0. The zero-order chi connectivity index (χ0) is 20.4. The molecule has 5 N–H and O–H groups in total. The van der Waals surface area contributed by atoms with E-state index in [0.717, 1.165) is 23.4 Å². The van der Waals surface area contributed by atoms with E-state index >= 15 is 0 Å². The molecule has 2 unspecified atom stereocenters. The van der Waals surface area contributed by atoms with Crippen LogP contribution in [0.25, 0.3) is 0 Å². The number of fused-ring (bicyclic) bond motifs is 1. The number of imidazole rings is 1. The van der Waals surface area contributed by atoms with Crippen LogP contribution >= 0.6 is 11.6 Å². The fourth-order valence-electron chi connectivity index (χ4n) is 3.85. The topological polar surface area (TPSA) is 120 Å². The molecule has 0 aliphatic carbocycles. The van der Waals surface area contributed by atoms with Crippen LogP contribution in [0.2, 0.25) is 5.02 Å². The number of rotatable bonds is 5. The predicted octanol–water partition coefficient (Wildman–Crippen LogP) is 3.49. The number of aromatic nitrogens is 3. The summed E-state index contributed by atoms with van der Waals surface area (Å²) in [5.74, 6) is -0.0253. The van der Waals surface area contributed by atoms with Gasteiger partial charge in [0.2, 0.25) is 0 Å². The smallest absolute Gasteiger partial charge is 0.316 e. The van der Waals surface area contributed by atoms with Gasteiger partial charge < -0.3 is 16.0 Å². The average Bonchev–Trinajstić information content (AvgIpc) is 3.21. The number of carbonyl (C=O) groups is 1. The van der Waals surface area contributed by atoms with Crippen molar-refractivity contribution in [3.63, 3.8) is 0 Å². The van der Waals surface area contributed by atoms with Crippen molar-refractivity contribution in [3.05, 3.63) is 71.0 Å². The summed E-state index contributed by atoms with van der Waals surface area (Å²) >= 11 is 6.01. The molecule has 3 heterocycles. The van der Waals surface area contributed by atoms with E-state index in [1.807, 2.05) is 18.2 Å². The van der Waals surface area contributed by atoms with Gasteiger partial charge in [0.05, 0.1) is 23.1 Å². The van der Waals surface area contributed by atoms with E-state index in [-0.39, 0.29) is 12.0 Å². The number of nitrogens with zero attached hydrogens (tertiary/aromatic N) is 3. The van der Waals surface area contributed by atoms with Crippen LogP contribution < -0.4 is 16.1 Å². The molecule has 0 saturated heterocycles. The molecule has 3 aromatic rings. The second-order valence-electron chi connectivity index (χ2n) is 7.07. The standard InChI is InChI=1S/C20H21ClN6O2/c21-13-2-5-17(24-9-13)16-7-12-1-3-14(26-20(22)28)8-19(12)27(29)18(16)6-4-15-10-23-11-25-15/h1-3,5,8-11,16,18,29H,4,6-7H2,(H,23,25)(H3,22,26,28). The number of benzene rings is 1. The van der Waals surface area contributed by atoms with E-state index in [1.54, 1.807) is 30.9 Å². The van der Waals surface area contributed by atoms with Gasteiger partial charge in [-0.25, -0.2) is 9.78 Å². The maximum absolute atomic E-state index is 11.2. The third-order valence-electron chi connectivity index (χ3n) is 5.21. The molecule has 2 atom stereocenters. The summed E-state index contributed by atoms with van der Waals surface area (Å²) in [4.78, 5) is 22.8. The maximum Gasteiger partial charge on any atom is 0.316 e. The van der Waals surface area contributed by atoms with E-state index in [1.165, 1.54) is 5.06 Å². The minimum atomic E-state index is -0.649. The first kappa shape index (κ1) is 19.2. The normalized spacial score (nSPS) is 18.3. The Bertz CT molecular complexity index is 993. The van der Waals surface area contributed by atoms with E-state index < -0.39 is 6.03 Å². The summed E-state index contributed by atoms with van der Waals surface area (Å²) in [6, 6.07) is 8.24. The maximum atomic E-state index is 11.2. The number of nitrogens with one attached hydrogen (secondary N) is 2. The molecule has 0 fully saturated rings. The zero-order valence-corrected chi connectivity index (χ0v) is 16.3. The predicted molar refractivity (Wildman–Crippen MR) is 110 cm³/mol. The SMILES string of the molecule is NC(=O)Nc1ccc2c(c1)N(O)C(CCc1cnc[nH]1)C(c1ccc(Cl)cn1)C2. The number of primary amides is 1. The Hall–Kier alpha value is -3.10. The highest BCUT2D eigenvalue weighted by atomic mass is 35.5. The Balaban J connectivity index is 1.67. The van der Waals surface area contributed by atoms with Crippen LogP contribution in [0, 0.1) is 0 Å². The van der Waals surface area contributed by atoms with Crippen molar-refractivity contribution in [2.45, 2.75) is 31.2 Å². The molecule has 0 saturated carbocycles. The van der Waals surface area contributed by atoms with Crippen molar-refractivity contribution in [2.24, 2.45) is 5.73 Å². The largest absolute Gasteiger partial charge is 0.351 e. The minimum absolute atomic E-state index is 0.0253. The van der Waals surface area contributed by atoms with E-state index in [4.69, 9.17) is 17.3 Å². The summed E-state index contributed by atoms with van der Waals surface area (Å²) in [7, 11) is 0. The van der Waals surface area contributed by atoms with Gasteiger partial charge in [-0.15, -0.1) is 0 Å². The van der Waals surface area contributed by atoms with Crippen LogP contribution in [-0.4, -0.2) is 32.2 Å². The molecule has 8 nitrogen and oxygen atoms in total. The van der Waals surface area contributed by atoms with Crippen molar-refractivity contribution in [1.82, 2.24) is 15.0 Å². The van der Waals surface area contributed by atoms with Crippen molar-refractivity contribution in [3.8, 4) is 0 Å². The number of aryl methyl sites for hydroxylation is 1. The Morgan fingerprint density at radius 3 is 2.90 bits per heavy atom. The number of carbonyl (C=O) groups excluding carboxylic acids is 1. The highest BCUT2D eigenvalue weighted by Gasteiger charge is 2.35. The monoisotopic (exact) mass is 412 g/mol. The Morgan fingerprint density at radius 2 is 2.21 bits per heavy atom. The first-order valence-corrected chi connectivity index (χ1v) is 9.65. The van der Waals surface area contributed by atoms with Gasteiger partial charge in [0.15, 0.2) is 0 Å². The average molecular weight is 413 g/mol. The zero-order valence-electron chi connectivity index (χ0n) is 15.5. The third kappa shape index (κ3) is 4.18. The molecule has 1 aromatic carbocycles. The molecule has 1 aliphatic rings. The number of H-pyrrole nitrogens is 1. The second kappa shape index (κ2) is 8.10. The molecule has 150 valence electrons. The number of halogens is 1. The molecule has 2 aromatic heterocycles. The van der Waals surface area contributed by atoms with Gasteiger partial charge in [-0.2, -0.15) is 0 Å². The molecule has 0 bridgehead atoms. The van der Waals surface area contributed by atoms with Gasteiger partial charge in [0, 0.05) is 35.4 Å². The number of urea groups is 1. The number of aromatic amines is 1. The lowest BCUT2D eigenvalue weighted by molar-refractivity contribution is 0.183. The number of pyridine rings is 1. The van der Waals surface area contributed by atoms with Crippen molar-refractivity contribution >= 4 is 29.0 Å². The molecule has 2 amide bonds. The number of hydrogen-bond acceptors (Lipinski definition) is 5. The van der Waals surface area contributed by atoms with Crippen molar-refractivity contribution < 1.29 is 10.0 Å². The van der Waals surface area contributed by atoms with Crippen LogP contribution in [-0.2, 0) is 12.8 Å². The Morgan fingerprint density at radius 1 is 1.34 bits per heavy atom. The van der Waals surface area contributed by atoms with E-state index in [0.29, 0.717) is 29.2 Å². The lowest BCUT2D eigenvalue weighted by Gasteiger charge is -2.40. The quantitative estimate of drug-likeness (QED) is 0.511. The highest BCUT2D eigenvalue weighted by molar-refractivity contribution is 6.30. The Labute approximate surface area is 172 Å². The van der Waals surface area contributed by atoms with Crippen molar-refractivity contribution in [1.29, 1.82) is 0 Å².